The highest BCUT2D eigenvalue weighted by Crippen LogP contribution is 2.27. The summed E-state index contributed by atoms with van der Waals surface area (Å²) in [6.07, 6.45) is 2.44. The van der Waals surface area contributed by atoms with Gasteiger partial charge in [0.15, 0.2) is 5.78 Å². The average molecular weight is 345 g/mol. The van der Waals surface area contributed by atoms with E-state index in [1.807, 2.05) is 25.1 Å². The monoisotopic (exact) mass is 345 g/mol. The molecule has 1 aromatic carbocycles. The summed E-state index contributed by atoms with van der Waals surface area (Å²) in [4.78, 5) is 29.0. The molecule has 1 atom stereocenters. The number of nitrogens with two attached hydrogens (primary N) is 1. The number of rotatable bonds is 5. The van der Waals surface area contributed by atoms with Crippen molar-refractivity contribution in [2.45, 2.75) is 32.2 Å². The number of ether oxygens (including phenoxy) is 1. The van der Waals surface area contributed by atoms with Crippen LogP contribution in [0.4, 0.5) is 0 Å². The SMILES string of the molecule is COc1ccc(C(=O)C2CCN([C@@H]3CCN(CN)C3=O)CC2)cc1C. The lowest BCUT2D eigenvalue weighted by molar-refractivity contribution is -0.132. The number of carbonyl (C=O) groups is 2. The number of nitrogens with zero attached hydrogens (tertiary/aromatic N) is 2. The Labute approximate surface area is 148 Å². The maximum atomic E-state index is 12.8. The number of likely N-dealkylation sites (tertiary alicyclic amines) is 2. The van der Waals surface area contributed by atoms with Crippen molar-refractivity contribution in [3.05, 3.63) is 29.3 Å². The Balaban J connectivity index is 1.60. The lowest BCUT2D eigenvalue weighted by atomic mass is 9.87. The molecule has 1 aromatic rings. The van der Waals surface area contributed by atoms with E-state index in [0.717, 1.165) is 55.8 Å². The highest BCUT2D eigenvalue weighted by Gasteiger charge is 2.37. The number of amides is 1. The van der Waals surface area contributed by atoms with Crippen LogP contribution in [0, 0.1) is 12.8 Å². The molecular formula is C19H27N3O3. The lowest BCUT2D eigenvalue weighted by Gasteiger charge is -2.34. The van der Waals surface area contributed by atoms with E-state index in [1.54, 1.807) is 12.0 Å². The zero-order valence-electron chi connectivity index (χ0n) is 15.0. The predicted molar refractivity (Wildman–Crippen MR) is 95.5 cm³/mol. The first-order valence-electron chi connectivity index (χ1n) is 8.97. The van der Waals surface area contributed by atoms with Crippen LogP contribution in [-0.4, -0.2) is 60.9 Å². The molecule has 0 spiro atoms. The minimum absolute atomic E-state index is 0.0335. The second kappa shape index (κ2) is 7.54. The number of hydrogen-bond acceptors (Lipinski definition) is 5. The standard InChI is InChI=1S/C19H27N3O3/c1-13-11-15(3-4-17(13)25-2)18(23)14-5-8-21(9-6-14)16-7-10-22(12-20)19(16)24/h3-4,11,14,16H,5-10,12,20H2,1-2H3/t16-/m1/s1. The van der Waals surface area contributed by atoms with E-state index in [4.69, 9.17) is 10.5 Å². The number of hydrogen-bond donors (Lipinski definition) is 1. The average Bonchev–Trinajstić information content (AvgIpc) is 3.01. The predicted octanol–water partition coefficient (Wildman–Crippen LogP) is 1.42. The van der Waals surface area contributed by atoms with Crippen molar-refractivity contribution in [2.24, 2.45) is 11.7 Å². The molecule has 0 aliphatic carbocycles. The molecule has 2 N–H and O–H groups in total. The molecule has 2 aliphatic rings. The van der Waals surface area contributed by atoms with E-state index in [2.05, 4.69) is 4.90 Å². The topological polar surface area (TPSA) is 75.9 Å². The van der Waals surface area contributed by atoms with Gasteiger partial charge < -0.3 is 15.4 Å². The van der Waals surface area contributed by atoms with E-state index in [0.29, 0.717) is 6.67 Å². The first kappa shape index (κ1) is 17.9. The molecule has 2 heterocycles. The van der Waals surface area contributed by atoms with Gasteiger partial charge in [-0.2, -0.15) is 0 Å². The Bertz CT molecular complexity index is 653. The molecule has 1 amide bonds. The number of carbonyl (C=O) groups excluding carboxylic acids is 2. The summed E-state index contributed by atoms with van der Waals surface area (Å²) in [6.45, 7) is 4.57. The molecule has 25 heavy (non-hydrogen) atoms. The van der Waals surface area contributed by atoms with Gasteiger partial charge in [0.05, 0.1) is 19.8 Å². The molecule has 136 valence electrons. The van der Waals surface area contributed by atoms with Crippen molar-refractivity contribution in [3.63, 3.8) is 0 Å². The molecular weight excluding hydrogens is 318 g/mol. The van der Waals surface area contributed by atoms with Crippen LogP contribution in [0.2, 0.25) is 0 Å². The van der Waals surface area contributed by atoms with Gasteiger partial charge in [-0.15, -0.1) is 0 Å². The molecule has 3 rings (SSSR count). The fraction of sp³-hybridized carbons (Fsp3) is 0.579. The molecule has 6 heteroatoms. The Morgan fingerprint density at radius 2 is 1.96 bits per heavy atom. The molecule has 0 saturated carbocycles. The van der Waals surface area contributed by atoms with Crippen LogP contribution in [0.3, 0.4) is 0 Å². The van der Waals surface area contributed by atoms with E-state index in [1.165, 1.54) is 0 Å². The number of piperidine rings is 1. The van der Waals surface area contributed by atoms with Gasteiger partial charge >= 0.3 is 0 Å². The van der Waals surface area contributed by atoms with E-state index in [9.17, 15) is 9.59 Å². The highest BCUT2D eigenvalue weighted by molar-refractivity contribution is 5.98. The molecule has 0 unspecified atom stereocenters. The summed E-state index contributed by atoms with van der Waals surface area (Å²) in [5.74, 6) is 1.17. The minimum Gasteiger partial charge on any atom is -0.496 e. The van der Waals surface area contributed by atoms with E-state index < -0.39 is 0 Å². The van der Waals surface area contributed by atoms with Gasteiger partial charge in [-0.3, -0.25) is 14.5 Å². The minimum atomic E-state index is -0.0529. The first-order chi connectivity index (χ1) is 12.0. The van der Waals surface area contributed by atoms with Gasteiger partial charge in [-0.25, -0.2) is 0 Å². The van der Waals surface area contributed by atoms with Gasteiger partial charge in [-0.1, -0.05) is 0 Å². The van der Waals surface area contributed by atoms with Gasteiger partial charge in [0.25, 0.3) is 0 Å². The summed E-state index contributed by atoms with van der Waals surface area (Å²) >= 11 is 0. The van der Waals surface area contributed by atoms with Crippen LogP contribution in [-0.2, 0) is 4.79 Å². The summed E-state index contributed by atoms with van der Waals surface area (Å²) in [6, 6.07) is 5.56. The smallest absolute Gasteiger partial charge is 0.241 e. The third-order valence-electron chi connectivity index (χ3n) is 5.51. The van der Waals surface area contributed by atoms with Crippen molar-refractivity contribution < 1.29 is 14.3 Å². The van der Waals surface area contributed by atoms with Crippen molar-refractivity contribution >= 4 is 11.7 Å². The zero-order chi connectivity index (χ0) is 18.0. The van der Waals surface area contributed by atoms with Crippen LogP contribution < -0.4 is 10.5 Å². The quantitative estimate of drug-likeness (QED) is 0.817. The lowest BCUT2D eigenvalue weighted by Crippen LogP contribution is -2.47. The second-order valence-corrected chi connectivity index (χ2v) is 6.95. The highest BCUT2D eigenvalue weighted by atomic mass is 16.5. The van der Waals surface area contributed by atoms with Gasteiger partial charge in [0, 0.05) is 18.0 Å². The maximum Gasteiger partial charge on any atom is 0.241 e. The normalized spacial score (nSPS) is 22.4. The summed E-state index contributed by atoms with van der Waals surface area (Å²) in [5.41, 5.74) is 7.34. The molecule has 2 saturated heterocycles. The number of aryl methyl sites for hydroxylation is 1. The molecule has 2 aliphatic heterocycles. The fourth-order valence-corrected chi connectivity index (χ4v) is 3.98. The van der Waals surface area contributed by atoms with Crippen LogP contribution in [0.25, 0.3) is 0 Å². The van der Waals surface area contributed by atoms with Crippen molar-refractivity contribution in [1.82, 2.24) is 9.80 Å². The Morgan fingerprint density at radius 3 is 2.52 bits per heavy atom. The largest absolute Gasteiger partial charge is 0.496 e. The van der Waals surface area contributed by atoms with Gasteiger partial charge in [0.1, 0.15) is 5.75 Å². The van der Waals surface area contributed by atoms with Crippen LogP contribution in [0.5, 0.6) is 5.75 Å². The molecule has 6 nitrogen and oxygen atoms in total. The molecule has 0 bridgehead atoms. The van der Waals surface area contributed by atoms with Crippen molar-refractivity contribution in [1.29, 1.82) is 0 Å². The second-order valence-electron chi connectivity index (χ2n) is 6.95. The number of methoxy groups -OCH3 is 1. The third kappa shape index (κ3) is 3.55. The summed E-state index contributed by atoms with van der Waals surface area (Å²) < 4.78 is 5.26. The van der Waals surface area contributed by atoms with Crippen LogP contribution in [0.1, 0.15) is 35.2 Å². The van der Waals surface area contributed by atoms with Crippen molar-refractivity contribution in [3.8, 4) is 5.75 Å². The van der Waals surface area contributed by atoms with Crippen LogP contribution in [0.15, 0.2) is 18.2 Å². The Morgan fingerprint density at radius 1 is 1.24 bits per heavy atom. The molecule has 0 radical (unpaired) electrons. The van der Waals surface area contributed by atoms with Crippen molar-refractivity contribution in [2.75, 3.05) is 33.4 Å². The number of Topliss-reactive ketones (excluding diaryl/α,β-unsaturated/α-hetero) is 1. The first-order valence-corrected chi connectivity index (χ1v) is 8.97. The molecule has 2 fully saturated rings. The Kier molecular flexibility index (Phi) is 5.39. The van der Waals surface area contributed by atoms with Gasteiger partial charge in [0.2, 0.25) is 5.91 Å². The summed E-state index contributed by atoms with van der Waals surface area (Å²) in [5, 5.41) is 0. The number of benzene rings is 1. The fourth-order valence-electron chi connectivity index (χ4n) is 3.98. The van der Waals surface area contributed by atoms with E-state index >= 15 is 0 Å². The van der Waals surface area contributed by atoms with E-state index in [-0.39, 0.29) is 23.7 Å². The number of ketones is 1. The van der Waals surface area contributed by atoms with Gasteiger partial charge in [-0.05, 0) is 63.0 Å². The summed E-state index contributed by atoms with van der Waals surface area (Å²) in [7, 11) is 1.63. The third-order valence-corrected chi connectivity index (χ3v) is 5.51. The molecule has 0 aromatic heterocycles. The Hall–Kier alpha value is -1.92. The zero-order valence-corrected chi connectivity index (χ0v) is 15.0. The van der Waals surface area contributed by atoms with Crippen LogP contribution >= 0.6 is 0 Å². The maximum absolute atomic E-state index is 12.8.